The standard InChI is InChI=1S/C11H8BrClO/c1-7-9(12)5-4-8(11(7)13)10-3-2-6-14-10/h2-6H,1H3. The lowest BCUT2D eigenvalue weighted by atomic mass is 10.1. The van der Waals surface area contributed by atoms with Crippen molar-refractivity contribution < 1.29 is 4.42 Å². The zero-order chi connectivity index (χ0) is 10.1. The third kappa shape index (κ3) is 1.60. The van der Waals surface area contributed by atoms with Gasteiger partial charge in [0.15, 0.2) is 0 Å². The van der Waals surface area contributed by atoms with E-state index in [9.17, 15) is 0 Å². The molecular formula is C11H8BrClO. The molecule has 0 amide bonds. The summed E-state index contributed by atoms with van der Waals surface area (Å²) in [7, 11) is 0. The first-order valence-electron chi connectivity index (χ1n) is 4.18. The first-order valence-corrected chi connectivity index (χ1v) is 5.35. The van der Waals surface area contributed by atoms with Gasteiger partial charge in [0, 0.05) is 10.0 Å². The molecule has 0 saturated carbocycles. The molecule has 0 fully saturated rings. The molecule has 0 spiro atoms. The second-order valence-electron chi connectivity index (χ2n) is 3.01. The van der Waals surface area contributed by atoms with Crippen molar-refractivity contribution in [3.63, 3.8) is 0 Å². The Kier molecular flexibility index (Phi) is 2.66. The van der Waals surface area contributed by atoms with Gasteiger partial charge in [0.1, 0.15) is 5.76 Å². The van der Waals surface area contributed by atoms with E-state index in [-0.39, 0.29) is 0 Å². The Labute approximate surface area is 95.8 Å². The number of furan rings is 1. The molecule has 0 bridgehead atoms. The largest absolute Gasteiger partial charge is 0.464 e. The van der Waals surface area contributed by atoms with Crippen molar-refractivity contribution in [1.82, 2.24) is 0 Å². The molecule has 0 saturated heterocycles. The zero-order valence-electron chi connectivity index (χ0n) is 7.55. The van der Waals surface area contributed by atoms with Gasteiger partial charge in [-0.25, -0.2) is 0 Å². The van der Waals surface area contributed by atoms with Crippen LogP contribution >= 0.6 is 27.5 Å². The molecular weight excluding hydrogens is 263 g/mol. The van der Waals surface area contributed by atoms with Crippen LogP contribution < -0.4 is 0 Å². The van der Waals surface area contributed by atoms with Gasteiger partial charge in [-0.05, 0) is 36.8 Å². The van der Waals surface area contributed by atoms with Gasteiger partial charge in [-0.3, -0.25) is 0 Å². The molecule has 1 aromatic carbocycles. The summed E-state index contributed by atoms with van der Waals surface area (Å²) in [5, 5.41) is 0.731. The van der Waals surface area contributed by atoms with E-state index in [0.717, 1.165) is 26.4 Å². The van der Waals surface area contributed by atoms with Gasteiger partial charge >= 0.3 is 0 Å². The van der Waals surface area contributed by atoms with Gasteiger partial charge in [-0.15, -0.1) is 0 Å². The molecule has 0 radical (unpaired) electrons. The number of rotatable bonds is 1. The molecule has 0 aliphatic carbocycles. The van der Waals surface area contributed by atoms with Crippen LogP contribution in [0.1, 0.15) is 5.56 Å². The second-order valence-corrected chi connectivity index (χ2v) is 4.24. The van der Waals surface area contributed by atoms with Crippen LogP contribution in [0.4, 0.5) is 0 Å². The van der Waals surface area contributed by atoms with Gasteiger partial charge < -0.3 is 4.42 Å². The van der Waals surface area contributed by atoms with Crippen LogP contribution in [0.2, 0.25) is 5.02 Å². The fourth-order valence-corrected chi connectivity index (χ4v) is 1.99. The van der Waals surface area contributed by atoms with Crippen molar-refractivity contribution in [3.05, 3.63) is 45.6 Å². The number of halogens is 2. The number of benzene rings is 1. The van der Waals surface area contributed by atoms with Crippen molar-refractivity contribution in [2.45, 2.75) is 6.92 Å². The van der Waals surface area contributed by atoms with E-state index >= 15 is 0 Å². The molecule has 1 nitrogen and oxygen atoms in total. The van der Waals surface area contributed by atoms with Crippen molar-refractivity contribution in [1.29, 1.82) is 0 Å². The van der Waals surface area contributed by atoms with Crippen LogP contribution in [0.25, 0.3) is 11.3 Å². The Morgan fingerprint density at radius 3 is 2.71 bits per heavy atom. The van der Waals surface area contributed by atoms with Crippen molar-refractivity contribution in [3.8, 4) is 11.3 Å². The monoisotopic (exact) mass is 270 g/mol. The Morgan fingerprint density at radius 2 is 2.07 bits per heavy atom. The summed E-state index contributed by atoms with van der Waals surface area (Å²) in [5.41, 5.74) is 1.96. The van der Waals surface area contributed by atoms with Crippen LogP contribution in [-0.2, 0) is 0 Å². The molecule has 72 valence electrons. The average Bonchev–Trinajstić information content (AvgIpc) is 2.67. The van der Waals surface area contributed by atoms with Crippen LogP contribution in [0.3, 0.4) is 0 Å². The Bertz CT molecular complexity index is 449. The molecule has 0 aliphatic heterocycles. The summed E-state index contributed by atoms with van der Waals surface area (Å²) < 4.78 is 6.31. The maximum atomic E-state index is 6.20. The molecule has 14 heavy (non-hydrogen) atoms. The normalized spacial score (nSPS) is 10.5. The summed E-state index contributed by atoms with van der Waals surface area (Å²) in [4.78, 5) is 0. The predicted molar refractivity (Wildman–Crippen MR) is 61.6 cm³/mol. The van der Waals surface area contributed by atoms with Gasteiger partial charge in [-0.1, -0.05) is 27.5 Å². The minimum Gasteiger partial charge on any atom is -0.464 e. The van der Waals surface area contributed by atoms with E-state index < -0.39 is 0 Å². The fraction of sp³-hybridized carbons (Fsp3) is 0.0909. The van der Waals surface area contributed by atoms with E-state index in [4.69, 9.17) is 16.0 Å². The highest BCUT2D eigenvalue weighted by Gasteiger charge is 2.09. The average molecular weight is 272 g/mol. The summed E-state index contributed by atoms with van der Waals surface area (Å²) >= 11 is 9.63. The van der Waals surface area contributed by atoms with Gasteiger partial charge in [0.2, 0.25) is 0 Å². The molecule has 3 heteroatoms. The van der Waals surface area contributed by atoms with Crippen LogP contribution in [-0.4, -0.2) is 0 Å². The lowest BCUT2D eigenvalue weighted by molar-refractivity contribution is 0.582. The highest BCUT2D eigenvalue weighted by molar-refractivity contribution is 9.10. The molecule has 0 unspecified atom stereocenters. The van der Waals surface area contributed by atoms with Crippen molar-refractivity contribution in [2.75, 3.05) is 0 Å². The minimum atomic E-state index is 0.731. The first-order chi connectivity index (χ1) is 6.70. The van der Waals surface area contributed by atoms with E-state index in [2.05, 4.69) is 15.9 Å². The minimum absolute atomic E-state index is 0.731. The molecule has 1 heterocycles. The number of hydrogen-bond donors (Lipinski definition) is 0. The first kappa shape index (κ1) is 9.81. The van der Waals surface area contributed by atoms with Crippen LogP contribution in [0, 0.1) is 6.92 Å². The Morgan fingerprint density at radius 1 is 1.29 bits per heavy atom. The van der Waals surface area contributed by atoms with Gasteiger partial charge in [-0.2, -0.15) is 0 Å². The van der Waals surface area contributed by atoms with E-state index in [0.29, 0.717) is 0 Å². The topological polar surface area (TPSA) is 13.1 Å². The third-order valence-electron chi connectivity index (χ3n) is 2.11. The van der Waals surface area contributed by atoms with Gasteiger partial charge in [0.25, 0.3) is 0 Å². The molecule has 0 aliphatic rings. The number of hydrogen-bond acceptors (Lipinski definition) is 1. The van der Waals surface area contributed by atoms with Crippen LogP contribution in [0.5, 0.6) is 0 Å². The van der Waals surface area contributed by atoms with Crippen molar-refractivity contribution >= 4 is 27.5 Å². The highest BCUT2D eigenvalue weighted by Crippen LogP contribution is 2.34. The quantitative estimate of drug-likeness (QED) is 0.734. The van der Waals surface area contributed by atoms with Crippen molar-refractivity contribution in [2.24, 2.45) is 0 Å². The molecule has 2 aromatic rings. The lowest BCUT2D eigenvalue weighted by Gasteiger charge is -2.05. The molecule has 0 N–H and O–H groups in total. The molecule has 2 rings (SSSR count). The predicted octanol–water partition coefficient (Wildman–Crippen LogP) is 4.67. The summed E-state index contributed by atoms with van der Waals surface area (Å²) in [5.74, 6) is 0.797. The third-order valence-corrected chi connectivity index (χ3v) is 3.45. The maximum absolute atomic E-state index is 6.20. The SMILES string of the molecule is Cc1c(Br)ccc(-c2ccco2)c1Cl. The highest BCUT2D eigenvalue weighted by atomic mass is 79.9. The maximum Gasteiger partial charge on any atom is 0.135 e. The molecule has 1 aromatic heterocycles. The summed E-state index contributed by atoms with van der Waals surface area (Å²) in [6.45, 7) is 1.97. The summed E-state index contributed by atoms with van der Waals surface area (Å²) in [6.07, 6.45) is 1.64. The Hall–Kier alpha value is -0.730. The summed E-state index contributed by atoms with van der Waals surface area (Å²) in [6, 6.07) is 7.66. The Balaban J connectivity index is 2.61. The van der Waals surface area contributed by atoms with Gasteiger partial charge in [0.05, 0.1) is 11.3 Å². The lowest BCUT2D eigenvalue weighted by Crippen LogP contribution is -1.82. The van der Waals surface area contributed by atoms with E-state index in [1.54, 1.807) is 6.26 Å². The molecule has 0 atom stereocenters. The second kappa shape index (κ2) is 3.79. The fourth-order valence-electron chi connectivity index (χ4n) is 1.28. The van der Waals surface area contributed by atoms with E-state index in [1.807, 2.05) is 31.2 Å². The van der Waals surface area contributed by atoms with Crippen LogP contribution in [0.15, 0.2) is 39.4 Å². The zero-order valence-corrected chi connectivity index (χ0v) is 9.89. The smallest absolute Gasteiger partial charge is 0.135 e. The van der Waals surface area contributed by atoms with E-state index in [1.165, 1.54) is 0 Å².